The second-order valence-electron chi connectivity index (χ2n) is 2.73. The highest BCUT2D eigenvalue weighted by molar-refractivity contribution is 5.66. The molecule has 1 aromatic rings. The Kier molecular flexibility index (Phi) is 2.92. The Labute approximate surface area is 74.1 Å². The third kappa shape index (κ3) is 1.67. The van der Waals surface area contributed by atoms with E-state index in [0.29, 0.717) is 0 Å². The van der Waals surface area contributed by atoms with Crippen molar-refractivity contribution in [3.05, 3.63) is 35.9 Å². The molecule has 0 saturated carbocycles. The summed E-state index contributed by atoms with van der Waals surface area (Å²) in [6.07, 6.45) is 2.95. The van der Waals surface area contributed by atoms with E-state index in [4.69, 9.17) is 0 Å². The normalized spacial score (nSPS) is 9.50. The average molecular weight is 161 g/mol. The fourth-order valence-electron chi connectivity index (χ4n) is 1.23. The van der Waals surface area contributed by atoms with Crippen molar-refractivity contribution in [1.82, 2.24) is 0 Å². The largest absolute Gasteiger partial charge is 0.388 e. The zero-order chi connectivity index (χ0) is 8.97. The van der Waals surface area contributed by atoms with E-state index in [0.717, 1.165) is 12.1 Å². The third-order valence-electron chi connectivity index (χ3n) is 2.01. The molecule has 64 valence electrons. The Balaban J connectivity index is 3.10. The van der Waals surface area contributed by atoms with Gasteiger partial charge >= 0.3 is 0 Å². The monoisotopic (exact) mass is 161 g/mol. The minimum absolute atomic E-state index is 1.07. The summed E-state index contributed by atoms with van der Waals surface area (Å²) in [6.45, 7) is 5.93. The molecule has 1 rings (SSSR count). The van der Waals surface area contributed by atoms with Gasteiger partial charge in [0, 0.05) is 12.7 Å². The highest BCUT2D eigenvalue weighted by Crippen LogP contribution is 2.18. The van der Waals surface area contributed by atoms with Crippen LogP contribution in [0.15, 0.2) is 24.8 Å². The molecule has 12 heavy (non-hydrogen) atoms. The van der Waals surface area contributed by atoms with Crippen molar-refractivity contribution < 1.29 is 0 Å². The highest BCUT2D eigenvalue weighted by atomic mass is 14.8. The number of hydrogen-bond acceptors (Lipinski definition) is 1. The maximum Gasteiger partial charge on any atom is 0.0411 e. The van der Waals surface area contributed by atoms with Crippen LogP contribution in [0.25, 0.3) is 6.08 Å². The number of benzene rings is 1. The molecule has 0 aliphatic rings. The minimum atomic E-state index is 1.07. The lowest BCUT2D eigenvalue weighted by Gasteiger charge is -2.06. The predicted octanol–water partition coefficient (Wildman–Crippen LogP) is 2.93. The first-order valence-electron chi connectivity index (χ1n) is 4.25. The van der Waals surface area contributed by atoms with E-state index in [1.54, 1.807) is 0 Å². The summed E-state index contributed by atoms with van der Waals surface area (Å²) in [5.41, 5.74) is 3.67. The van der Waals surface area contributed by atoms with Crippen molar-refractivity contribution in [3.8, 4) is 0 Å². The Morgan fingerprint density at radius 3 is 2.75 bits per heavy atom. The van der Waals surface area contributed by atoms with E-state index in [2.05, 4.69) is 37.0 Å². The minimum Gasteiger partial charge on any atom is -0.388 e. The van der Waals surface area contributed by atoms with Crippen LogP contribution >= 0.6 is 0 Å². The molecule has 0 atom stereocenters. The zero-order valence-electron chi connectivity index (χ0n) is 7.72. The summed E-state index contributed by atoms with van der Waals surface area (Å²) < 4.78 is 0. The van der Waals surface area contributed by atoms with Crippen LogP contribution < -0.4 is 5.32 Å². The van der Waals surface area contributed by atoms with Gasteiger partial charge in [0.2, 0.25) is 0 Å². The Morgan fingerprint density at radius 1 is 1.50 bits per heavy atom. The van der Waals surface area contributed by atoms with Gasteiger partial charge < -0.3 is 5.32 Å². The number of aryl methyl sites for hydroxylation is 1. The molecular weight excluding hydrogens is 146 g/mol. The molecule has 0 aliphatic heterocycles. The van der Waals surface area contributed by atoms with E-state index in [1.165, 1.54) is 11.1 Å². The Hall–Kier alpha value is -1.24. The fourth-order valence-corrected chi connectivity index (χ4v) is 1.23. The molecule has 0 unspecified atom stereocenters. The zero-order valence-corrected chi connectivity index (χ0v) is 7.72. The second kappa shape index (κ2) is 3.96. The van der Waals surface area contributed by atoms with E-state index >= 15 is 0 Å². The molecule has 0 aromatic heterocycles. The van der Waals surface area contributed by atoms with Crippen LogP contribution in [0.3, 0.4) is 0 Å². The number of hydrogen-bond donors (Lipinski definition) is 1. The maximum atomic E-state index is 3.77. The molecule has 0 bridgehead atoms. The van der Waals surface area contributed by atoms with Gasteiger partial charge in [0.1, 0.15) is 0 Å². The van der Waals surface area contributed by atoms with Gasteiger partial charge in [-0.15, -0.1) is 0 Å². The smallest absolute Gasteiger partial charge is 0.0411 e. The topological polar surface area (TPSA) is 12.0 Å². The Morgan fingerprint density at radius 2 is 2.25 bits per heavy atom. The first-order chi connectivity index (χ1) is 5.81. The van der Waals surface area contributed by atoms with E-state index in [9.17, 15) is 0 Å². The summed E-state index contributed by atoms with van der Waals surface area (Å²) in [5.74, 6) is 0. The van der Waals surface area contributed by atoms with Crippen molar-refractivity contribution in [2.45, 2.75) is 13.3 Å². The summed E-state index contributed by atoms with van der Waals surface area (Å²) in [7, 11) is 1.92. The molecule has 0 aliphatic carbocycles. The molecule has 0 spiro atoms. The van der Waals surface area contributed by atoms with Crippen LogP contribution in [-0.4, -0.2) is 7.05 Å². The summed E-state index contributed by atoms with van der Waals surface area (Å²) in [4.78, 5) is 0. The SMILES string of the molecule is C=Cc1cc(CC)ccc1NC. The summed E-state index contributed by atoms with van der Waals surface area (Å²) in [5, 5.41) is 3.13. The molecule has 0 radical (unpaired) electrons. The summed E-state index contributed by atoms with van der Waals surface area (Å²) >= 11 is 0. The lowest BCUT2D eigenvalue weighted by molar-refractivity contribution is 1.14. The van der Waals surface area contributed by atoms with Crippen LogP contribution in [0.2, 0.25) is 0 Å². The van der Waals surface area contributed by atoms with Crippen molar-refractivity contribution in [2.75, 3.05) is 12.4 Å². The highest BCUT2D eigenvalue weighted by Gasteiger charge is 1.96. The molecule has 1 heteroatoms. The maximum absolute atomic E-state index is 3.77. The average Bonchev–Trinajstić information content (AvgIpc) is 2.16. The second-order valence-corrected chi connectivity index (χ2v) is 2.73. The third-order valence-corrected chi connectivity index (χ3v) is 2.01. The van der Waals surface area contributed by atoms with Crippen LogP contribution in [-0.2, 0) is 6.42 Å². The lowest BCUT2D eigenvalue weighted by Crippen LogP contribution is -1.92. The van der Waals surface area contributed by atoms with Crippen LogP contribution in [0.5, 0.6) is 0 Å². The molecule has 1 nitrogen and oxygen atoms in total. The van der Waals surface area contributed by atoms with Crippen LogP contribution in [0.4, 0.5) is 5.69 Å². The van der Waals surface area contributed by atoms with Crippen molar-refractivity contribution >= 4 is 11.8 Å². The predicted molar refractivity (Wildman–Crippen MR) is 55.5 cm³/mol. The number of rotatable bonds is 3. The van der Waals surface area contributed by atoms with Gasteiger partial charge in [-0.25, -0.2) is 0 Å². The quantitative estimate of drug-likeness (QED) is 0.718. The van der Waals surface area contributed by atoms with Gasteiger partial charge in [-0.1, -0.05) is 25.6 Å². The van der Waals surface area contributed by atoms with Gasteiger partial charge in [-0.2, -0.15) is 0 Å². The van der Waals surface area contributed by atoms with Crippen molar-refractivity contribution in [1.29, 1.82) is 0 Å². The molecular formula is C11H15N. The van der Waals surface area contributed by atoms with Gasteiger partial charge in [0.05, 0.1) is 0 Å². The number of nitrogens with one attached hydrogen (secondary N) is 1. The van der Waals surface area contributed by atoms with Crippen LogP contribution in [0, 0.1) is 0 Å². The van der Waals surface area contributed by atoms with Crippen LogP contribution in [0.1, 0.15) is 18.1 Å². The van der Waals surface area contributed by atoms with E-state index in [1.807, 2.05) is 13.1 Å². The molecule has 0 saturated heterocycles. The molecule has 0 fully saturated rings. The Bertz CT molecular complexity index is 276. The van der Waals surface area contributed by atoms with Gasteiger partial charge in [0.25, 0.3) is 0 Å². The molecule has 0 heterocycles. The van der Waals surface area contributed by atoms with Crippen molar-refractivity contribution in [2.24, 2.45) is 0 Å². The number of anilines is 1. The standard InChI is InChI=1S/C11H15N/c1-4-9-6-7-11(12-3)10(5-2)8-9/h5-8,12H,2,4H2,1,3H3. The fraction of sp³-hybridized carbons (Fsp3) is 0.273. The molecule has 1 aromatic carbocycles. The first-order valence-corrected chi connectivity index (χ1v) is 4.25. The molecule has 1 N–H and O–H groups in total. The van der Waals surface area contributed by atoms with Gasteiger partial charge in [-0.3, -0.25) is 0 Å². The van der Waals surface area contributed by atoms with Gasteiger partial charge in [0.15, 0.2) is 0 Å². The van der Waals surface area contributed by atoms with Crippen molar-refractivity contribution in [3.63, 3.8) is 0 Å². The van der Waals surface area contributed by atoms with E-state index < -0.39 is 0 Å². The summed E-state index contributed by atoms with van der Waals surface area (Å²) in [6, 6.07) is 6.40. The van der Waals surface area contributed by atoms with Gasteiger partial charge in [-0.05, 0) is 29.7 Å². The molecule has 0 amide bonds. The van der Waals surface area contributed by atoms with E-state index in [-0.39, 0.29) is 0 Å². The first kappa shape index (κ1) is 8.85. The lowest BCUT2D eigenvalue weighted by atomic mass is 10.1.